The molecule has 110 valence electrons. The van der Waals surface area contributed by atoms with Gasteiger partial charge in [0.1, 0.15) is 0 Å². The first-order valence-electron chi connectivity index (χ1n) is 7.38. The lowest BCUT2D eigenvalue weighted by Crippen LogP contribution is -2.36. The summed E-state index contributed by atoms with van der Waals surface area (Å²) >= 11 is 0. The van der Waals surface area contributed by atoms with E-state index < -0.39 is 0 Å². The van der Waals surface area contributed by atoms with Crippen LogP contribution in [-0.2, 0) is 9.53 Å². The summed E-state index contributed by atoms with van der Waals surface area (Å²) < 4.78 is 5.67. The normalized spacial score (nSPS) is 34.5. The molecule has 3 aliphatic heterocycles. The summed E-state index contributed by atoms with van der Waals surface area (Å²) in [6.07, 6.45) is 6.63. The molecule has 3 saturated heterocycles. The largest absolute Gasteiger partial charge is 0.378 e. The van der Waals surface area contributed by atoms with Gasteiger partial charge in [0.2, 0.25) is 5.91 Å². The summed E-state index contributed by atoms with van der Waals surface area (Å²) in [5.41, 5.74) is 0.392. The van der Waals surface area contributed by atoms with Gasteiger partial charge in [-0.15, -0.1) is 12.4 Å². The van der Waals surface area contributed by atoms with Crippen LogP contribution in [0.15, 0.2) is 0 Å². The second-order valence-corrected chi connectivity index (χ2v) is 6.18. The van der Waals surface area contributed by atoms with E-state index in [1.807, 2.05) is 0 Å². The summed E-state index contributed by atoms with van der Waals surface area (Å²) in [6, 6.07) is 0. The van der Waals surface area contributed by atoms with Gasteiger partial charge in [0.25, 0.3) is 0 Å². The number of hydrogen-bond acceptors (Lipinski definition) is 3. The molecule has 1 N–H and O–H groups in total. The first kappa shape index (κ1) is 15.1. The van der Waals surface area contributed by atoms with Crippen LogP contribution in [0.4, 0.5) is 0 Å². The number of hydrogen-bond donors (Lipinski definition) is 1. The fraction of sp³-hybridized carbons (Fsp3) is 0.929. The highest BCUT2D eigenvalue weighted by Gasteiger charge is 2.41. The fourth-order valence-corrected chi connectivity index (χ4v) is 3.58. The van der Waals surface area contributed by atoms with E-state index >= 15 is 0 Å². The van der Waals surface area contributed by atoms with Crippen LogP contribution in [0.3, 0.4) is 0 Å². The summed E-state index contributed by atoms with van der Waals surface area (Å²) in [7, 11) is 0. The maximum Gasteiger partial charge on any atom is 0.225 e. The lowest BCUT2D eigenvalue weighted by Gasteiger charge is -2.26. The maximum absolute atomic E-state index is 12.3. The van der Waals surface area contributed by atoms with Crippen molar-refractivity contribution in [2.75, 3.05) is 32.8 Å². The average Bonchev–Trinajstić information content (AvgIpc) is 3.02. The Hall–Kier alpha value is -0.320. The molecule has 0 radical (unpaired) electrons. The van der Waals surface area contributed by atoms with E-state index in [-0.39, 0.29) is 18.5 Å². The predicted molar refractivity (Wildman–Crippen MR) is 76.6 cm³/mol. The van der Waals surface area contributed by atoms with Crippen molar-refractivity contribution >= 4 is 18.3 Å². The van der Waals surface area contributed by atoms with Crippen molar-refractivity contribution in [2.24, 2.45) is 5.41 Å². The third-order valence-electron chi connectivity index (χ3n) is 4.80. The van der Waals surface area contributed by atoms with Gasteiger partial charge < -0.3 is 15.0 Å². The van der Waals surface area contributed by atoms with E-state index in [1.54, 1.807) is 0 Å². The number of nitrogens with zero attached hydrogens (tertiary/aromatic N) is 1. The molecule has 1 amide bonds. The van der Waals surface area contributed by atoms with Crippen LogP contribution >= 0.6 is 12.4 Å². The minimum Gasteiger partial charge on any atom is -0.378 e. The van der Waals surface area contributed by atoms with Gasteiger partial charge in [-0.05, 0) is 38.6 Å². The Morgan fingerprint density at radius 1 is 1.37 bits per heavy atom. The quantitative estimate of drug-likeness (QED) is 0.839. The lowest BCUT2D eigenvalue weighted by atomic mass is 9.86. The van der Waals surface area contributed by atoms with Gasteiger partial charge in [0.05, 0.1) is 12.5 Å². The van der Waals surface area contributed by atoms with Crippen LogP contribution < -0.4 is 5.32 Å². The van der Waals surface area contributed by atoms with Crippen molar-refractivity contribution in [1.82, 2.24) is 10.2 Å². The van der Waals surface area contributed by atoms with E-state index in [4.69, 9.17) is 4.74 Å². The zero-order chi connectivity index (χ0) is 12.4. The topological polar surface area (TPSA) is 41.6 Å². The number of amides is 1. The molecular formula is C14H25ClN2O2. The Morgan fingerprint density at radius 2 is 2.26 bits per heavy atom. The zero-order valence-electron chi connectivity index (χ0n) is 11.5. The first-order valence-corrected chi connectivity index (χ1v) is 7.38. The van der Waals surface area contributed by atoms with Gasteiger partial charge >= 0.3 is 0 Å². The van der Waals surface area contributed by atoms with Gasteiger partial charge in [0, 0.05) is 31.7 Å². The van der Waals surface area contributed by atoms with Gasteiger partial charge in [0.15, 0.2) is 0 Å². The van der Waals surface area contributed by atoms with E-state index in [2.05, 4.69) is 10.2 Å². The van der Waals surface area contributed by atoms with Crippen LogP contribution in [0.25, 0.3) is 0 Å². The number of likely N-dealkylation sites (tertiary alicyclic amines) is 1. The van der Waals surface area contributed by atoms with E-state index in [1.165, 1.54) is 19.3 Å². The van der Waals surface area contributed by atoms with E-state index in [9.17, 15) is 4.79 Å². The fourth-order valence-electron chi connectivity index (χ4n) is 3.58. The number of halogens is 1. The molecule has 19 heavy (non-hydrogen) atoms. The van der Waals surface area contributed by atoms with Crippen molar-refractivity contribution in [3.05, 3.63) is 0 Å². The molecule has 0 aromatic carbocycles. The highest BCUT2D eigenvalue weighted by atomic mass is 35.5. The molecule has 3 aliphatic rings. The molecule has 4 nitrogen and oxygen atoms in total. The van der Waals surface area contributed by atoms with Crippen LogP contribution in [0, 0.1) is 5.41 Å². The maximum atomic E-state index is 12.3. The summed E-state index contributed by atoms with van der Waals surface area (Å²) in [6.45, 7) is 4.97. The first-order chi connectivity index (χ1) is 8.77. The Balaban J connectivity index is 0.00000133. The Labute approximate surface area is 121 Å². The Bertz CT molecular complexity index is 313. The van der Waals surface area contributed by atoms with Crippen LogP contribution in [-0.4, -0.2) is 49.7 Å². The smallest absolute Gasteiger partial charge is 0.225 e. The molecule has 0 aromatic heterocycles. The third-order valence-corrected chi connectivity index (χ3v) is 4.80. The third kappa shape index (κ3) is 3.41. The Morgan fingerprint density at radius 3 is 2.95 bits per heavy atom. The van der Waals surface area contributed by atoms with Crippen molar-refractivity contribution in [2.45, 2.75) is 44.6 Å². The average molecular weight is 289 g/mol. The van der Waals surface area contributed by atoms with Crippen LogP contribution in [0.1, 0.15) is 38.5 Å². The minimum absolute atomic E-state index is 0. The molecule has 0 aliphatic carbocycles. The van der Waals surface area contributed by atoms with Gasteiger partial charge in [-0.1, -0.05) is 0 Å². The lowest BCUT2D eigenvalue weighted by molar-refractivity contribution is -0.134. The molecule has 5 heteroatoms. The minimum atomic E-state index is 0. The SMILES string of the molecule is Cl.O=C(CC1CCCCO1)N1CCC2(CCNC2)C1. The van der Waals surface area contributed by atoms with Crippen molar-refractivity contribution < 1.29 is 9.53 Å². The van der Waals surface area contributed by atoms with E-state index in [0.29, 0.717) is 17.7 Å². The summed E-state index contributed by atoms with van der Waals surface area (Å²) in [5, 5.41) is 3.43. The molecule has 0 saturated carbocycles. The molecule has 3 rings (SSSR count). The number of carbonyl (C=O) groups excluding carboxylic acids is 1. The zero-order valence-corrected chi connectivity index (χ0v) is 12.3. The van der Waals surface area contributed by atoms with Crippen molar-refractivity contribution in [1.29, 1.82) is 0 Å². The predicted octanol–water partition coefficient (Wildman–Crippen LogP) is 1.58. The standard InChI is InChI=1S/C14H24N2O2.ClH/c17-13(9-12-3-1-2-8-18-12)16-7-5-14(11-16)4-6-15-10-14;/h12,15H,1-11H2;1H. The van der Waals surface area contributed by atoms with Crippen LogP contribution in [0.2, 0.25) is 0 Å². The highest BCUT2D eigenvalue weighted by Crippen LogP contribution is 2.36. The van der Waals surface area contributed by atoms with Crippen molar-refractivity contribution in [3.8, 4) is 0 Å². The van der Waals surface area contributed by atoms with E-state index in [0.717, 1.165) is 45.6 Å². The molecule has 2 unspecified atom stereocenters. The summed E-state index contributed by atoms with van der Waals surface area (Å²) in [5.74, 6) is 0.311. The Kier molecular flexibility index (Phi) is 5.09. The molecule has 1 spiro atoms. The van der Waals surface area contributed by atoms with Gasteiger partial charge in [-0.3, -0.25) is 4.79 Å². The second-order valence-electron chi connectivity index (χ2n) is 6.18. The van der Waals surface area contributed by atoms with Gasteiger partial charge in [-0.25, -0.2) is 0 Å². The molecule has 3 heterocycles. The highest BCUT2D eigenvalue weighted by molar-refractivity contribution is 5.85. The number of ether oxygens (including phenoxy) is 1. The molecule has 2 atom stereocenters. The summed E-state index contributed by atoms with van der Waals surface area (Å²) in [4.78, 5) is 14.4. The van der Waals surface area contributed by atoms with Crippen LogP contribution in [0.5, 0.6) is 0 Å². The molecule has 0 aromatic rings. The van der Waals surface area contributed by atoms with Gasteiger partial charge in [-0.2, -0.15) is 0 Å². The second kappa shape index (κ2) is 6.42. The van der Waals surface area contributed by atoms with Crippen molar-refractivity contribution in [3.63, 3.8) is 0 Å². The molecule has 3 fully saturated rings. The number of rotatable bonds is 2. The number of carbonyl (C=O) groups is 1. The molecule has 0 bridgehead atoms. The number of nitrogens with one attached hydrogen (secondary N) is 1. The monoisotopic (exact) mass is 288 g/mol. The molecular weight excluding hydrogens is 264 g/mol.